The third kappa shape index (κ3) is 6.00. The molecule has 0 aromatic heterocycles. The number of aryl methyl sites for hydroxylation is 3. The van der Waals surface area contributed by atoms with E-state index >= 15 is 0 Å². The Morgan fingerprint density at radius 2 is 1.41 bits per heavy atom. The predicted molar refractivity (Wildman–Crippen MR) is 161 cm³/mol. The van der Waals surface area contributed by atoms with Crippen LogP contribution in [0.15, 0.2) is 62.8 Å². The first-order chi connectivity index (χ1) is 17.6. The average Bonchev–Trinajstić information content (AvgIpc) is 3.21. The van der Waals surface area contributed by atoms with Gasteiger partial charge >= 0.3 is 238 Å². The molecule has 3 nitrogen and oxygen atoms in total. The van der Waals surface area contributed by atoms with Crippen LogP contribution in [0, 0.1) is 20.8 Å². The molecule has 0 radical (unpaired) electrons. The van der Waals surface area contributed by atoms with Gasteiger partial charge in [-0.05, 0) is 0 Å². The van der Waals surface area contributed by atoms with Gasteiger partial charge in [0, 0.05) is 0 Å². The topological polar surface area (TPSA) is 9.72 Å². The summed E-state index contributed by atoms with van der Waals surface area (Å²) in [5.74, 6) is 0.973. The monoisotopic (exact) mass is 690 g/mol. The first-order valence-electron chi connectivity index (χ1n) is 13.5. The molecule has 2 aromatic rings. The second kappa shape index (κ2) is 11.8. The second-order valence-electron chi connectivity index (χ2n) is 11.4. The molecule has 0 saturated carbocycles. The van der Waals surface area contributed by atoms with E-state index in [0.29, 0.717) is 15.7 Å². The van der Waals surface area contributed by atoms with Crippen LogP contribution in [0.4, 0.5) is 11.4 Å². The summed E-state index contributed by atoms with van der Waals surface area (Å²) in [7, 11) is 4.32. The fourth-order valence-electron chi connectivity index (χ4n) is 5.73. The molecule has 1 fully saturated rings. The molecule has 4 rings (SSSR count). The van der Waals surface area contributed by atoms with E-state index in [1.807, 2.05) is 0 Å². The Kier molecular flexibility index (Phi) is 8.89. The summed E-state index contributed by atoms with van der Waals surface area (Å²) in [6.07, 6.45) is 4.41. The Morgan fingerprint density at radius 1 is 0.865 bits per heavy atom. The predicted octanol–water partition coefficient (Wildman–Crippen LogP) is 6.87. The molecule has 0 spiro atoms. The maximum absolute atomic E-state index is 3.31. The molecule has 1 aliphatic heterocycles. The number of anilines is 2. The van der Waals surface area contributed by atoms with Gasteiger partial charge in [-0.25, -0.2) is 0 Å². The number of allylic oxidation sites excluding steroid dienone is 2. The van der Waals surface area contributed by atoms with E-state index in [9.17, 15) is 0 Å². The summed E-state index contributed by atoms with van der Waals surface area (Å²) in [4.78, 5) is 7.82. The Labute approximate surface area is 237 Å². The average molecular weight is 691 g/mol. The van der Waals surface area contributed by atoms with Crippen molar-refractivity contribution in [3.8, 4) is 0 Å². The molecule has 2 aromatic carbocycles. The molecule has 1 unspecified atom stereocenters. The van der Waals surface area contributed by atoms with Crippen LogP contribution in [0.1, 0.15) is 67.3 Å². The molecule has 37 heavy (non-hydrogen) atoms. The number of para-hydroxylation sites is 1. The molecule has 1 aliphatic carbocycles. The zero-order chi connectivity index (χ0) is 26.9. The summed E-state index contributed by atoms with van der Waals surface area (Å²) in [5.41, 5.74) is 18.0. The van der Waals surface area contributed by atoms with E-state index in [4.69, 9.17) is 0 Å². The van der Waals surface area contributed by atoms with Crippen molar-refractivity contribution < 1.29 is 0 Å². The molecule has 1 atom stereocenters. The van der Waals surface area contributed by atoms with Gasteiger partial charge in [0.15, 0.2) is 0 Å². The van der Waals surface area contributed by atoms with Crippen LogP contribution in [0.5, 0.6) is 0 Å². The standard InChI is InChI=1S/C24H33N2.C9H10N.Po/c1-16(2)21-9-8-10-22(17(3)4)24(21)26-12-11-25(15-26)23-19(6)13-18(5)14-20(23)7;1-10(2)8-9-6-4-3-5-7-9;/h8-10,13-17H,11-12H2,1-7H3;4,7H,8H2,1-2H3;. The van der Waals surface area contributed by atoms with Crippen LogP contribution in [0.3, 0.4) is 0 Å². The molecule has 0 amide bonds. The SMILES string of the molecule is Cc1cc(C)c(N2CCN(c3c(C(C)C)cccc3C(C)C)[CH]2[Po][C]2=C(CN(C)C)C=C=C=C2)c(C)c1. The van der Waals surface area contributed by atoms with E-state index in [0.717, 1.165) is 19.6 Å². The Hall–Kier alpha value is -2.06. The summed E-state index contributed by atoms with van der Waals surface area (Å²) < 4.78 is 1.93. The summed E-state index contributed by atoms with van der Waals surface area (Å²) >= 11 is -1.08. The summed E-state index contributed by atoms with van der Waals surface area (Å²) in [5, 5.41) is 0. The van der Waals surface area contributed by atoms with Crippen LogP contribution >= 0.6 is 0 Å². The Balaban J connectivity index is 1.88. The number of nitrogens with zero attached hydrogens (tertiary/aromatic N) is 3. The number of benzene rings is 2. The van der Waals surface area contributed by atoms with Crippen molar-refractivity contribution in [3.05, 3.63) is 90.6 Å². The third-order valence-electron chi connectivity index (χ3n) is 7.24. The van der Waals surface area contributed by atoms with Crippen molar-refractivity contribution in [1.29, 1.82) is 0 Å². The van der Waals surface area contributed by atoms with Gasteiger partial charge in [-0.3, -0.25) is 0 Å². The normalized spacial score (nSPS) is 17.5. The fraction of sp³-hybridized carbons (Fsp3) is 0.455. The zero-order valence-electron chi connectivity index (χ0n) is 24.1. The van der Waals surface area contributed by atoms with E-state index in [-0.39, 0.29) is 0 Å². The van der Waals surface area contributed by atoms with Gasteiger partial charge in [-0.1, -0.05) is 0 Å². The second-order valence-corrected chi connectivity index (χ2v) is 15.6. The molecule has 1 saturated heterocycles. The first-order valence-corrected chi connectivity index (χ1v) is 17.0. The van der Waals surface area contributed by atoms with Gasteiger partial charge in [0.25, 0.3) is 0 Å². The van der Waals surface area contributed by atoms with Crippen molar-refractivity contribution in [3.63, 3.8) is 0 Å². The van der Waals surface area contributed by atoms with Gasteiger partial charge in [-0.2, -0.15) is 0 Å². The van der Waals surface area contributed by atoms with Crippen molar-refractivity contribution in [2.45, 2.75) is 64.1 Å². The summed E-state index contributed by atoms with van der Waals surface area (Å²) in [6, 6.07) is 11.7. The molecule has 0 N–H and O–H groups in total. The number of likely N-dealkylation sites (N-methyl/N-ethyl adjacent to an activating group) is 1. The third-order valence-corrected chi connectivity index (χ3v) is 12.5. The Morgan fingerprint density at radius 3 is 1.95 bits per heavy atom. The van der Waals surface area contributed by atoms with Crippen molar-refractivity contribution in [2.24, 2.45) is 0 Å². The van der Waals surface area contributed by atoms with Gasteiger partial charge in [0.1, 0.15) is 0 Å². The zero-order valence-corrected chi connectivity index (χ0v) is 27.3. The van der Waals surface area contributed by atoms with Gasteiger partial charge in [0.05, 0.1) is 0 Å². The molecule has 0 bridgehead atoms. The van der Waals surface area contributed by atoms with E-state index in [1.165, 1.54) is 48.0 Å². The van der Waals surface area contributed by atoms with Gasteiger partial charge in [0.2, 0.25) is 0 Å². The van der Waals surface area contributed by atoms with Crippen LogP contribution in [0.2, 0.25) is 0 Å². The van der Waals surface area contributed by atoms with Crippen LogP contribution in [-0.4, -0.2) is 66.0 Å². The van der Waals surface area contributed by atoms with Crippen molar-refractivity contribution in [2.75, 3.05) is 43.5 Å². The van der Waals surface area contributed by atoms with Crippen LogP contribution < -0.4 is 9.80 Å². The fourth-order valence-corrected chi connectivity index (χ4v) is 10.8. The number of hydrogen-bond acceptors (Lipinski definition) is 3. The molecule has 196 valence electrons. The van der Waals surface area contributed by atoms with Gasteiger partial charge < -0.3 is 0 Å². The number of rotatable bonds is 8. The molecular formula is C33H43N3Po. The molecule has 1 heterocycles. The summed E-state index contributed by atoms with van der Waals surface area (Å²) in [6.45, 7) is 19.3. The number of hydrogen-bond donors (Lipinski definition) is 0. The maximum atomic E-state index is 3.31. The van der Waals surface area contributed by atoms with E-state index in [1.54, 1.807) is 0 Å². The molecule has 4 heteroatoms. The van der Waals surface area contributed by atoms with E-state index < -0.39 is 23.6 Å². The quantitative estimate of drug-likeness (QED) is 0.280. The van der Waals surface area contributed by atoms with Crippen molar-refractivity contribution in [1.82, 2.24) is 4.90 Å². The van der Waals surface area contributed by atoms with Crippen LogP contribution in [0.25, 0.3) is 0 Å². The first kappa shape index (κ1) is 28.0. The molecular weight excluding hydrogens is 647 g/mol. The van der Waals surface area contributed by atoms with Gasteiger partial charge in [-0.15, -0.1) is 0 Å². The Bertz CT molecular complexity index is 1240. The van der Waals surface area contributed by atoms with E-state index in [2.05, 4.69) is 131 Å². The van der Waals surface area contributed by atoms with Crippen molar-refractivity contribution >= 4 is 34.9 Å². The molecule has 2 aliphatic rings. The minimum absolute atomic E-state index is 0.397. The van der Waals surface area contributed by atoms with Crippen LogP contribution in [-0.2, 0) is 0 Å². The minimum atomic E-state index is -1.08.